The lowest BCUT2D eigenvalue weighted by atomic mass is 9.95. The normalized spacial score (nSPS) is 11.7. The van der Waals surface area contributed by atoms with Crippen molar-refractivity contribution in [2.75, 3.05) is 13.2 Å². The van der Waals surface area contributed by atoms with Crippen molar-refractivity contribution in [3.8, 4) is 0 Å². The van der Waals surface area contributed by atoms with E-state index in [4.69, 9.17) is 17.0 Å². The summed E-state index contributed by atoms with van der Waals surface area (Å²) in [7, 11) is 0. The van der Waals surface area contributed by atoms with Gasteiger partial charge in [0.2, 0.25) is 0 Å². The van der Waals surface area contributed by atoms with E-state index in [1.54, 1.807) is 6.92 Å². The van der Waals surface area contributed by atoms with E-state index >= 15 is 0 Å². The zero-order valence-corrected chi connectivity index (χ0v) is 11.6. The van der Waals surface area contributed by atoms with Gasteiger partial charge in [-0.2, -0.15) is 0 Å². The highest BCUT2D eigenvalue weighted by atomic mass is 32.1. The molecular formula is C14H19NO2S. The molecule has 4 heteroatoms. The van der Waals surface area contributed by atoms with E-state index in [0.29, 0.717) is 11.6 Å². The molecule has 98 valence electrons. The molecule has 0 bridgehead atoms. The molecule has 0 amide bonds. The molecule has 0 aliphatic rings. The van der Waals surface area contributed by atoms with E-state index < -0.39 is 0 Å². The Labute approximate surface area is 114 Å². The van der Waals surface area contributed by atoms with Crippen molar-refractivity contribution >= 4 is 23.2 Å². The quantitative estimate of drug-likeness (QED) is 0.634. The first-order valence-corrected chi connectivity index (χ1v) is 6.58. The van der Waals surface area contributed by atoms with Crippen LogP contribution in [-0.4, -0.2) is 24.1 Å². The molecule has 1 atom stereocenters. The summed E-state index contributed by atoms with van der Waals surface area (Å²) in [5, 5.41) is 3.12. The van der Waals surface area contributed by atoms with Crippen LogP contribution < -0.4 is 5.32 Å². The topological polar surface area (TPSA) is 38.3 Å². The van der Waals surface area contributed by atoms with Crippen LogP contribution in [0.4, 0.5) is 0 Å². The van der Waals surface area contributed by atoms with Gasteiger partial charge >= 0.3 is 5.97 Å². The third kappa shape index (κ3) is 4.45. The van der Waals surface area contributed by atoms with Crippen LogP contribution in [0, 0.1) is 0 Å². The van der Waals surface area contributed by atoms with Gasteiger partial charge in [-0.3, -0.25) is 4.79 Å². The highest BCUT2D eigenvalue weighted by Crippen LogP contribution is 2.21. The standard InChI is InChI=1S/C14H19NO2S/c1-3-15-14(18)12(10-13(16)17-4-2)11-8-6-5-7-9-11/h5-9,12H,3-4,10H2,1-2H3,(H,15,18). The van der Waals surface area contributed by atoms with Crippen LogP contribution in [-0.2, 0) is 9.53 Å². The van der Waals surface area contributed by atoms with Crippen LogP contribution in [0.3, 0.4) is 0 Å². The molecule has 0 saturated carbocycles. The van der Waals surface area contributed by atoms with Gasteiger partial charge < -0.3 is 10.1 Å². The minimum atomic E-state index is -0.216. The molecule has 1 aromatic rings. The molecule has 3 nitrogen and oxygen atoms in total. The lowest BCUT2D eigenvalue weighted by molar-refractivity contribution is -0.143. The number of nitrogens with one attached hydrogen (secondary N) is 1. The van der Waals surface area contributed by atoms with Crippen LogP contribution >= 0.6 is 12.2 Å². The van der Waals surface area contributed by atoms with Crippen molar-refractivity contribution in [3.63, 3.8) is 0 Å². The molecule has 0 radical (unpaired) electrons. The fraction of sp³-hybridized carbons (Fsp3) is 0.429. The van der Waals surface area contributed by atoms with Crippen LogP contribution in [0.2, 0.25) is 0 Å². The van der Waals surface area contributed by atoms with Gasteiger partial charge in [-0.05, 0) is 19.4 Å². The van der Waals surface area contributed by atoms with Crippen LogP contribution in [0.5, 0.6) is 0 Å². The average Bonchev–Trinajstić information content (AvgIpc) is 2.37. The number of thiocarbonyl (C=S) groups is 1. The molecule has 1 rings (SSSR count). The molecule has 0 saturated heterocycles. The number of likely N-dealkylation sites (N-methyl/N-ethyl adjacent to an activating group) is 1. The van der Waals surface area contributed by atoms with E-state index in [1.807, 2.05) is 37.3 Å². The average molecular weight is 265 g/mol. The summed E-state index contributed by atoms with van der Waals surface area (Å²) in [4.78, 5) is 12.3. The zero-order chi connectivity index (χ0) is 13.4. The minimum absolute atomic E-state index is 0.111. The van der Waals surface area contributed by atoms with Gasteiger partial charge in [-0.25, -0.2) is 0 Å². The van der Waals surface area contributed by atoms with E-state index in [0.717, 1.165) is 12.1 Å². The van der Waals surface area contributed by atoms with Crippen LogP contribution in [0.1, 0.15) is 31.7 Å². The Morgan fingerprint density at radius 1 is 1.33 bits per heavy atom. The fourth-order valence-corrected chi connectivity index (χ4v) is 2.10. The van der Waals surface area contributed by atoms with Crippen molar-refractivity contribution in [1.82, 2.24) is 5.32 Å². The maximum absolute atomic E-state index is 11.6. The zero-order valence-electron chi connectivity index (χ0n) is 10.8. The Kier molecular flexibility index (Phi) is 6.36. The predicted molar refractivity (Wildman–Crippen MR) is 76.7 cm³/mol. The highest BCUT2D eigenvalue weighted by molar-refractivity contribution is 7.80. The second kappa shape index (κ2) is 7.82. The Hall–Kier alpha value is -1.42. The second-order valence-electron chi connectivity index (χ2n) is 3.87. The van der Waals surface area contributed by atoms with Gasteiger partial charge in [0, 0.05) is 12.5 Å². The summed E-state index contributed by atoms with van der Waals surface area (Å²) in [6.45, 7) is 4.94. The number of hydrogen-bond acceptors (Lipinski definition) is 3. The number of hydrogen-bond donors (Lipinski definition) is 1. The first kappa shape index (κ1) is 14.6. The Morgan fingerprint density at radius 2 is 2.00 bits per heavy atom. The SMILES string of the molecule is CCNC(=S)C(CC(=O)OCC)c1ccccc1. The third-order valence-electron chi connectivity index (χ3n) is 2.55. The summed E-state index contributed by atoms with van der Waals surface area (Å²) in [6.07, 6.45) is 0.281. The third-order valence-corrected chi connectivity index (χ3v) is 2.97. The van der Waals surface area contributed by atoms with Gasteiger partial charge in [-0.15, -0.1) is 0 Å². The molecule has 0 fully saturated rings. The van der Waals surface area contributed by atoms with Crippen molar-refractivity contribution in [2.45, 2.75) is 26.2 Å². The maximum atomic E-state index is 11.6. The summed E-state index contributed by atoms with van der Waals surface area (Å²) < 4.78 is 5.00. The van der Waals surface area contributed by atoms with Gasteiger partial charge in [-0.1, -0.05) is 42.5 Å². The Bertz CT molecular complexity index is 392. The monoisotopic (exact) mass is 265 g/mol. The number of ether oxygens (including phenoxy) is 1. The van der Waals surface area contributed by atoms with Gasteiger partial charge in [0.05, 0.1) is 18.0 Å². The Balaban J connectivity index is 2.82. The molecule has 0 heterocycles. The molecule has 0 spiro atoms. The molecule has 0 aliphatic heterocycles. The second-order valence-corrected chi connectivity index (χ2v) is 4.31. The van der Waals surface area contributed by atoms with E-state index in [1.165, 1.54) is 0 Å². The number of carbonyl (C=O) groups is 1. The molecule has 1 N–H and O–H groups in total. The molecule has 1 unspecified atom stereocenters. The van der Waals surface area contributed by atoms with Crippen molar-refractivity contribution in [2.24, 2.45) is 0 Å². The van der Waals surface area contributed by atoms with Crippen molar-refractivity contribution in [1.29, 1.82) is 0 Å². The van der Waals surface area contributed by atoms with E-state index in [-0.39, 0.29) is 18.3 Å². The largest absolute Gasteiger partial charge is 0.466 e. The van der Waals surface area contributed by atoms with Gasteiger partial charge in [0.15, 0.2) is 0 Å². The van der Waals surface area contributed by atoms with Gasteiger partial charge in [0.1, 0.15) is 0 Å². The van der Waals surface area contributed by atoms with E-state index in [2.05, 4.69) is 5.32 Å². The van der Waals surface area contributed by atoms with E-state index in [9.17, 15) is 4.79 Å². The summed E-state index contributed by atoms with van der Waals surface area (Å²) in [5.41, 5.74) is 1.04. The van der Waals surface area contributed by atoms with Crippen molar-refractivity contribution < 1.29 is 9.53 Å². The lowest BCUT2D eigenvalue weighted by Gasteiger charge is -2.18. The summed E-state index contributed by atoms with van der Waals surface area (Å²) >= 11 is 5.34. The number of rotatable bonds is 6. The van der Waals surface area contributed by atoms with Crippen molar-refractivity contribution in [3.05, 3.63) is 35.9 Å². The molecular weight excluding hydrogens is 246 g/mol. The van der Waals surface area contributed by atoms with Crippen LogP contribution in [0.25, 0.3) is 0 Å². The summed E-state index contributed by atoms with van der Waals surface area (Å²) in [6, 6.07) is 9.80. The first-order chi connectivity index (χ1) is 8.69. The molecule has 18 heavy (non-hydrogen) atoms. The van der Waals surface area contributed by atoms with Crippen LogP contribution in [0.15, 0.2) is 30.3 Å². The first-order valence-electron chi connectivity index (χ1n) is 6.17. The minimum Gasteiger partial charge on any atom is -0.466 e. The molecule has 1 aromatic carbocycles. The summed E-state index contributed by atoms with van der Waals surface area (Å²) in [5.74, 6) is -0.327. The van der Waals surface area contributed by atoms with Gasteiger partial charge in [0.25, 0.3) is 0 Å². The highest BCUT2D eigenvalue weighted by Gasteiger charge is 2.20. The lowest BCUT2D eigenvalue weighted by Crippen LogP contribution is -2.29. The number of esters is 1. The molecule has 0 aromatic heterocycles. The number of carbonyl (C=O) groups excluding carboxylic acids is 1. The smallest absolute Gasteiger partial charge is 0.306 e. The molecule has 0 aliphatic carbocycles. The fourth-order valence-electron chi connectivity index (χ4n) is 1.73. The maximum Gasteiger partial charge on any atom is 0.306 e. The predicted octanol–water partition coefficient (Wildman–Crippen LogP) is 2.66. The Morgan fingerprint density at radius 3 is 2.56 bits per heavy atom. The number of benzene rings is 1.